The monoisotopic (exact) mass is 195 g/mol. The molecule has 0 spiro atoms. The van der Waals surface area contributed by atoms with E-state index in [1.807, 2.05) is 19.3 Å². The lowest BCUT2D eigenvalue weighted by molar-refractivity contribution is -0.131. The van der Waals surface area contributed by atoms with Gasteiger partial charge in [0.05, 0.1) is 0 Å². The van der Waals surface area contributed by atoms with Crippen LogP contribution in [-0.4, -0.2) is 27.4 Å². The van der Waals surface area contributed by atoms with Gasteiger partial charge in [0.1, 0.15) is 5.82 Å². The van der Waals surface area contributed by atoms with E-state index in [9.17, 15) is 4.79 Å². The number of carbonyl (C=O) groups is 1. The predicted molar refractivity (Wildman–Crippen MR) is 53.1 cm³/mol. The maximum atomic E-state index is 10.3. The van der Waals surface area contributed by atoms with Gasteiger partial charge in [0.2, 0.25) is 0 Å². The van der Waals surface area contributed by atoms with Crippen molar-refractivity contribution >= 4 is 11.8 Å². The average molecular weight is 195 g/mol. The first-order valence-corrected chi connectivity index (χ1v) is 4.21. The van der Waals surface area contributed by atoms with Crippen molar-refractivity contribution in [2.24, 2.45) is 7.05 Å². The zero-order chi connectivity index (χ0) is 10.6. The highest BCUT2D eigenvalue weighted by Crippen LogP contribution is 2.02. The average Bonchev–Trinajstić information content (AvgIpc) is 2.47. The molecule has 0 aliphatic heterocycles. The minimum atomic E-state index is -0.926. The molecule has 0 unspecified atom stereocenters. The van der Waals surface area contributed by atoms with E-state index >= 15 is 0 Å². The molecule has 1 heterocycles. The van der Waals surface area contributed by atoms with Gasteiger partial charge in [-0.05, 0) is 12.5 Å². The summed E-state index contributed by atoms with van der Waals surface area (Å²) in [5.41, 5.74) is 0.753. The minimum Gasteiger partial charge on any atom is -0.478 e. The first kappa shape index (κ1) is 10.3. The Hall–Kier alpha value is -1.78. The van der Waals surface area contributed by atoms with E-state index < -0.39 is 5.97 Å². The summed E-state index contributed by atoms with van der Waals surface area (Å²) in [4.78, 5) is 10.3. The Kier molecular flexibility index (Phi) is 3.28. The number of aromatic nitrogens is 2. The highest BCUT2D eigenvalue weighted by atomic mass is 16.4. The van der Waals surface area contributed by atoms with E-state index in [1.165, 1.54) is 6.08 Å². The van der Waals surface area contributed by atoms with Gasteiger partial charge in [0.15, 0.2) is 0 Å². The molecule has 0 atom stereocenters. The molecule has 0 amide bonds. The molecule has 76 valence electrons. The number of aliphatic carboxylic acids is 1. The third-order valence-electron chi connectivity index (χ3n) is 1.63. The van der Waals surface area contributed by atoms with Crippen LogP contribution in [0.3, 0.4) is 0 Å². The van der Waals surface area contributed by atoms with Gasteiger partial charge < -0.3 is 10.4 Å². The fourth-order valence-corrected chi connectivity index (χ4v) is 1.00. The standard InChI is InChI=1S/C9H13N3O2/c1-7(5-9(13)14)6-10-8-3-4-12(2)11-8/h3-5H,6H2,1-2H3,(H,10,11)(H,13,14)/b7-5-. The molecule has 0 aliphatic carbocycles. The maximum absolute atomic E-state index is 10.3. The summed E-state index contributed by atoms with van der Waals surface area (Å²) >= 11 is 0. The third-order valence-corrected chi connectivity index (χ3v) is 1.63. The van der Waals surface area contributed by atoms with E-state index in [2.05, 4.69) is 10.4 Å². The molecule has 5 heteroatoms. The summed E-state index contributed by atoms with van der Waals surface area (Å²) in [5.74, 6) is -0.184. The molecular formula is C9H13N3O2. The van der Waals surface area contributed by atoms with E-state index in [-0.39, 0.29) is 0 Å². The highest BCUT2D eigenvalue weighted by molar-refractivity contribution is 5.80. The van der Waals surface area contributed by atoms with Gasteiger partial charge in [0.25, 0.3) is 0 Å². The van der Waals surface area contributed by atoms with Crippen molar-refractivity contribution in [3.8, 4) is 0 Å². The Morgan fingerprint density at radius 2 is 2.50 bits per heavy atom. The zero-order valence-electron chi connectivity index (χ0n) is 8.19. The van der Waals surface area contributed by atoms with Crippen LogP contribution in [0.15, 0.2) is 23.9 Å². The number of carboxylic acid groups (broad SMARTS) is 1. The van der Waals surface area contributed by atoms with Crippen molar-refractivity contribution in [3.05, 3.63) is 23.9 Å². The van der Waals surface area contributed by atoms with Crippen LogP contribution < -0.4 is 5.32 Å². The van der Waals surface area contributed by atoms with Crippen LogP contribution in [0.2, 0.25) is 0 Å². The van der Waals surface area contributed by atoms with Gasteiger partial charge in [-0.25, -0.2) is 4.79 Å². The molecule has 1 aromatic heterocycles. The molecule has 0 fully saturated rings. The van der Waals surface area contributed by atoms with Crippen LogP contribution in [0.4, 0.5) is 5.82 Å². The van der Waals surface area contributed by atoms with Crippen LogP contribution in [0.1, 0.15) is 6.92 Å². The Morgan fingerprint density at radius 1 is 1.79 bits per heavy atom. The Morgan fingerprint density at radius 3 is 3.00 bits per heavy atom. The molecule has 2 N–H and O–H groups in total. The number of anilines is 1. The number of nitrogens with zero attached hydrogens (tertiary/aromatic N) is 2. The molecule has 0 aromatic carbocycles. The molecule has 0 aliphatic rings. The summed E-state index contributed by atoms with van der Waals surface area (Å²) in [6.45, 7) is 2.24. The van der Waals surface area contributed by atoms with Crippen LogP contribution in [-0.2, 0) is 11.8 Å². The Labute approximate surface area is 82.0 Å². The first-order valence-electron chi connectivity index (χ1n) is 4.21. The molecule has 0 saturated carbocycles. The van der Waals surface area contributed by atoms with E-state index in [0.29, 0.717) is 6.54 Å². The van der Waals surface area contributed by atoms with Gasteiger partial charge in [-0.2, -0.15) is 5.10 Å². The number of hydrogen-bond acceptors (Lipinski definition) is 3. The van der Waals surface area contributed by atoms with Crippen molar-refractivity contribution < 1.29 is 9.90 Å². The highest BCUT2D eigenvalue weighted by Gasteiger charge is 1.97. The molecule has 0 saturated heterocycles. The Balaban J connectivity index is 2.45. The van der Waals surface area contributed by atoms with Gasteiger partial charge in [-0.1, -0.05) is 0 Å². The second-order valence-corrected chi connectivity index (χ2v) is 3.06. The van der Waals surface area contributed by atoms with Crippen molar-refractivity contribution in [2.75, 3.05) is 11.9 Å². The molecule has 0 radical (unpaired) electrons. The summed E-state index contributed by atoms with van der Waals surface area (Å²) in [5, 5.41) is 15.6. The third kappa shape index (κ3) is 3.30. The SMILES string of the molecule is C/C(=C/C(=O)O)CNc1ccn(C)n1. The lowest BCUT2D eigenvalue weighted by Crippen LogP contribution is -2.05. The van der Waals surface area contributed by atoms with Gasteiger partial charge in [-0.3, -0.25) is 4.68 Å². The number of carboxylic acids is 1. The van der Waals surface area contributed by atoms with Gasteiger partial charge >= 0.3 is 5.97 Å². The van der Waals surface area contributed by atoms with Crippen molar-refractivity contribution in [1.29, 1.82) is 0 Å². The molecule has 1 aromatic rings. The second-order valence-electron chi connectivity index (χ2n) is 3.06. The minimum absolute atomic E-state index is 0.489. The summed E-state index contributed by atoms with van der Waals surface area (Å²) in [6, 6.07) is 1.83. The van der Waals surface area contributed by atoms with Crippen molar-refractivity contribution in [3.63, 3.8) is 0 Å². The van der Waals surface area contributed by atoms with Crippen LogP contribution >= 0.6 is 0 Å². The largest absolute Gasteiger partial charge is 0.478 e. The smallest absolute Gasteiger partial charge is 0.328 e. The number of aryl methyl sites for hydroxylation is 1. The lowest BCUT2D eigenvalue weighted by atomic mass is 10.3. The first-order chi connectivity index (χ1) is 6.58. The fourth-order valence-electron chi connectivity index (χ4n) is 1.00. The maximum Gasteiger partial charge on any atom is 0.328 e. The van der Waals surface area contributed by atoms with Crippen LogP contribution in [0.25, 0.3) is 0 Å². The number of rotatable bonds is 4. The molecular weight excluding hydrogens is 182 g/mol. The second kappa shape index (κ2) is 4.45. The Bertz CT molecular complexity index is 355. The molecule has 14 heavy (non-hydrogen) atoms. The van der Waals surface area contributed by atoms with Gasteiger partial charge in [-0.15, -0.1) is 0 Å². The number of nitrogens with one attached hydrogen (secondary N) is 1. The lowest BCUT2D eigenvalue weighted by Gasteiger charge is -2.01. The predicted octanol–water partition coefficient (Wildman–Crippen LogP) is 0.863. The topological polar surface area (TPSA) is 67.2 Å². The summed E-state index contributed by atoms with van der Waals surface area (Å²) < 4.78 is 1.68. The molecule has 5 nitrogen and oxygen atoms in total. The van der Waals surface area contributed by atoms with E-state index in [0.717, 1.165) is 11.4 Å². The summed E-state index contributed by atoms with van der Waals surface area (Å²) in [7, 11) is 1.82. The quantitative estimate of drug-likeness (QED) is 0.699. The van der Waals surface area contributed by atoms with Crippen LogP contribution in [0.5, 0.6) is 0 Å². The number of hydrogen-bond donors (Lipinski definition) is 2. The van der Waals surface area contributed by atoms with Crippen molar-refractivity contribution in [1.82, 2.24) is 9.78 Å². The molecule has 1 rings (SSSR count). The summed E-state index contributed by atoms with van der Waals surface area (Å²) in [6.07, 6.45) is 2.99. The zero-order valence-corrected chi connectivity index (χ0v) is 8.19. The molecule has 0 bridgehead atoms. The van der Waals surface area contributed by atoms with Gasteiger partial charge in [0, 0.05) is 31.9 Å². The van der Waals surface area contributed by atoms with E-state index in [1.54, 1.807) is 11.6 Å². The normalized spacial score (nSPS) is 11.4. The van der Waals surface area contributed by atoms with E-state index in [4.69, 9.17) is 5.11 Å². The van der Waals surface area contributed by atoms with Crippen molar-refractivity contribution in [2.45, 2.75) is 6.92 Å². The fraction of sp³-hybridized carbons (Fsp3) is 0.333. The van der Waals surface area contributed by atoms with Crippen LogP contribution in [0, 0.1) is 0 Å².